The molecule has 0 heterocycles. The van der Waals surface area contributed by atoms with Crippen LogP contribution in [0.15, 0.2) is 11.9 Å². The van der Waals surface area contributed by atoms with Crippen molar-refractivity contribution in [1.29, 1.82) is 0 Å². The fourth-order valence-corrected chi connectivity index (χ4v) is 3.43. The van der Waals surface area contributed by atoms with E-state index in [1.165, 1.54) is 6.20 Å². The highest BCUT2D eigenvalue weighted by Crippen LogP contribution is 2.46. The molecule has 2 aliphatic rings. The molecule has 0 bridgehead atoms. The van der Waals surface area contributed by atoms with Crippen molar-refractivity contribution in [2.75, 3.05) is 0 Å². The van der Waals surface area contributed by atoms with Crippen LogP contribution < -0.4 is 5.73 Å². The summed E-state index contributed by atoms with van der Waals surface area (Å²) < 4.78 is 6.31. The molecule has 1 amide bonds. The molecule has 0 aromatic rings. The van der Waals surface area contributed by atoms with E-state index in [-0.39, 0.29) is 5.92 Å². The van der Waals surface area contributed by atoms with Crippen molar-refractivity contribution in [2.45, 2.75) is 52.1 Å². The molecular formula is C15H24N2O3S. The molecule has 0 saturated heterocycles. The van der Waals surface area contributed by atoms with Crippen LogP contribution in [0, 0.1) is 17.8 Å². The summed E-state index contributed by atoms with van der Waals surface area (Å²) in [6.07, 6.45) is 4.21. The van der Waals surface area contributed by atoms with Crippen molar-refractivity contribution < 1.29 is 14.3 Å². The Morgan fingerprint density at radius 3 is 2.33 bits per heavy atom. The zero-order valence-corrected chi connectivity index (χ0v) is 13.7. The second-order valence-corrected chi connectivity index (χ2v) is 7.52. The van der Waals surface area contributed by atoms with Gasteiger partial charge in [0.05, 0.1) is 0 Å². The van der Waals surface area contributed by atoms with E-state index < -0.39 is 11.7 Å². The summed E-state index contributed by atoms with van der Waals surface area (Å²) in [4.78, 5) is 23.2. The maximum absolute atomic E-state index is 11.8. The fourth-order valence-electron chi connectivity index (χ4n) is 3.26. The first-order valence-electron chi connectivity index (χ1n) is 7.35. The molecule has 0 aromatic carbocycles. The predicted molar refractivity (Wildman–Crippen MR) is 83.3 cm³/mol. The van der Waals surface area contributed by atoms with Crippen LogP contribution in [0.5, 0.6) is 0 Å². The van der Waals surface area contributed by atoms with Crippen molar-refractivity contribution in [3.8, 4) is 0 Å². The summed E-state index contributed by atoms with van der Waals surface area (Å²) in [6, 6.07) is 0. The fraction of sp³-hybridized carbons (Fsp3) is 0.733. The molecule has 2 rings (SSSR count). The summed E-state index contributed by atoms with van der Waals surface area (Å²) >= 11 is 4.11. The van der Waals surface area contributed by atoms with E-state index in [9.17, 15) is 9.59 Å². The lowest BCUT2D eigenvalue weighted by atomic mass is 10.0. The van der Waals surface area contributed by atoms with Crippen LogP contribution in [0.3, 0.4) is 0 Å². The van der Waals surface area contributed by atoms with Crippen molar-refractivity contribution in [1.82, 2.24) is 4.31 Å². The lowest BCUT2D eigenvalue weighted by Crippen LogP contribution is -2.29. The molecule has 2 saturated carbocycles. The van der Waals surface area contributed by atoms with Gasteiger partial charge in [0.15, 0.2) is 0 Å². The highest BCUT2D eigenvalue weighted by atomic mass is 32.1. The number of carbonyl (C=O) groups excluding carboxylic acids is 2. The van der Waals surface area contributed by atoms with E-state index in [0.29, 0.717) is 36.2 Å². The van der Waals surface area contributed by atoms with Gasteiger partial charge in [0.2, 0.25) is 0 Å². The van der Waals surface area contributed by atoms with Crippen LogP contribution in [0.2, 0.25) is 0 Å². The van der Waals surface area contributed by atoms with Gasteiger partial charge in [0, 0.05) is 30.7 Å². The topological polar surface area (TPSA) is 72.6 Å². The Bertz CT molecular complexity index is 454. The second kappa shape index (κ2) is 5.91. The van der Waals surface area contributed by atoms with E-state index in [1.54, 1.807) is 20.8 Å². The van der Waals surface area contributed by atoms with Gasteiger partial charge in [-0.1, -0.05) is 12.8 Å². The molecule has 2 aliphatic carbocycles. The number of hydrogen-bond donors (Lipinski definition) is 2. The molecule has 0 spiro atoms. The minimum atomic E-state index is -0.564. The Morgan fingerprint density at radius 1 is 1.33 bits per heavy atom. The summed E-state index contributed by atoms with van der Waals surface area (Å²) in [6.45, 7) is 5.40. The van der Waals surface area contributed by atoms with Gasteiger partial charge in [0.25, 0.3) is 0 Å². The van der Waals surface area contributed by atoms with Gasteiger partial charge in [-0.05, 0) is 45.4 Å². The highest BCUT2D eigenvalue weighted by Gasteiger charge is 2.41. The number of carbonyl (C=O) groups is 2. The van der Waals surface area contributed by atoms with Crippen LogP contribution in [0.25, 0.3) is 0 Å². The first-order chi connectivity index (χ1) is 9.65. The molecular weight excluding hydrogens is 288 g/mol. The number of hydrogen-bond acceptors (Lipinski definition) is 5. The highest BCUT2D eigenvalue weighted by molar-refractivity contribution is 7.78. The number of allylic oxidation sites excluding steroid dienone is 1. The molecule has 2 atom stereocenters. The van der Waals surface area contributed by atoms with Gasteiger partial charge in [-0.2, -0.15) is 0 Å². The van der Waals surface area contributed by atoms with Gasteiger partial charge in [-0.25, -0.2) is 9.10 Å². The monoisotopic (exact) mass is 312 g/mol. The zero-order chi connectivity index (χ0) is 15.8. The predicted octanol–water partition coefficient (Wildman–Crippen LogP) is 2.87. The minimum Gasteiger partial charge on any atom is -0.443 e. The van der Waals surface area contributed by atoms with Crippen molar-refractivity contribution in [3.63, 3.8) is 0 Å². The first kappa shape index (κ1) is 16.2. The van der Waals surface area contributed by atoms with Gasteiger partial charge >= 0.3 is 6.09 Å². The Labute approximate surface area is 131 Å². The van der Waals surface area contributed by atoms with E-state index in [2.05, 4.69) is 12.8 Å². The number of fused-ring (bicyclic) bond motifs is 1. The molecule has 0 aromatic heterocycles. The minimum absolute atomic E-state index is 0.227. The second-order valence-electron chi connectivity index (χ2n) is 7.09. The van der Waals surface area contributed by atoms with Gasteiger partial charge < -0.3 is 10.5 Å². The Kier molecular flexibility index (Phi) is 4.56. The van der Waals surface area contributed by atoms with Crippen LogP contribution in [0.1, 0.15) is 46.5 Å². The first-order valence-corrected chi connectivity index (χ1v) is 7.75. The molecule has 0 radical (unpaired) electrons. The van der Waals surface area contributed by atoms with E-state index in [1.807, 2.05) is 0 Å². The lowest BCUT2D eigenvalue weighted by Gasteiger charge is -2.23. The van der Waals surface area contributed by atoms with Gasteiger partial charge in [0.1, 0.15) is 11.4 Å². The molecule has 21 heavy (non-hydrogen) atoms. The molecule has 2 N–H and O–H groups in total. The summed E-state index contributed by atoms with van der Waals surface area (Å²) in [7, 11) is 0. The van der Waals surface area contributed by atoms with Gasteiger partial charge in [-0.3, -0.25) is 4.79 Å². The Balaban J connectivity index is 1.92. The zero-order valence-electron chi connectivity index (χ0n) is 12.8. The third kappa shape index (κ3) is 4.15. The molecule has 0 aliphatic heterocycles. The average Bonchev–Trinajstić information content (AvgIpc) is 2.83. The van der Waals surface area contributed by atoms with Crippen molar-refractivity contribution in [2.24, 2.45) is 23.5 Å². The van der Waals surface area contributed by atoms with E-state index in [4.69, 9.17) is 10.5 Å². The standard InChI is InChI=1S/C15H24N2O3S/c1-15(2,3)20-14(19)17(21)8-13(16)11-4-9-6-12(18)7-10(9)5-11/h8-11,21H,4-7,16H2,1-3H3/b13-8-. The molecule has 118 valence electrons. The van der Waals surface area contributed by atoms with Crippen molar-refractivity contribution >= 4 is 24.7 Å². The summed E-state index contributed by atoms with van der Waals surface area (Å²) in [5, 5.41) is 0. The summed E-state index contributed by atoms with van der Waals surface area (Å²) in [5.74, 6) is 1.52. The third-order valence-electron chi connectivity index (χ3n) is 4.14. The molecule has 6 heteroatoms. The maximum Gasteiger partial charge on any atom is 0.424 e. The number of nitrogens with two attached hydrogens (primary N) is 1. The number of ether oxygens (including phenoxy) is 1. The van der Waals surface area contributed by atoms with Crippen LogP contribution in [-0.2, 0) is 9.53 Å². The molecule has 5 nitrogen and oxygen atoms in total. The number of rotatable bonds is 2. The Morgan fingerprint density at radius 2 is 1.86 bits per heavy atom. The quantitative estimate of drug-likeness (QED) is 0.769. The van der Waals surface area contributed by atoms with E-state index >= 15 is 0 Å². The van der Waals surface area contributed by atoms with Gasteiger partial charge in [-0.15, -0.1) is 0 Å². The van der Waals surface area contributed by atoms with Crippen LogP contribution >= 0.6 is 12.8 Å². The van der Waals surface area contributed by atoms with Crippen LogP contribution in [-0.4, -0.2) is 21.8 Å². The third-order valence-corrected chi connectivity index (χ3v) is 4.42. The Hall–Kier alpha value is -1.17. The van der Waals surface area contributed by atoms with E-state index in [0.717, 1.165) is 17.1 Å². The number of nitrogens with zero attached hydrogens (tertiary/aromatic N) is 1. The molecule has 2 unspecified atom stereocenters. The maximum atomic E-state index is 11.8. The largest absolute Gasteiger partial charge is 0.443 e. The summed E-state index contributed by atoms with van der Waals surface area (Å²) in [5.41, 5.74) is 6.17. The molecule has 2 fully saturated rings. The lowest BCUT2D eigenvalue weighted by molar-refractivity contribution is -0.117. The normalized spacial score (nSPS) is 29.4. The van der Waals surface area contributed by atoms with Crippen LogP contribution in [0.4, 0.5) is 4.79 Å². The number of ketones is 1. The average molecular weight is 312 g/mol. The number of thiol groups is 1. The number of Topliss-reactive ketones (excluding diaryl/α,β-unsaturated/α-hetero) is 1. The smallest absolute Gasteiger partial charge is 0.424 e. The number of amides is 1. The SMILES string of the molecule is CC(C)(C)OC(=O)N(S)/C=C(\N)C1CC2CC(=O)CC2C1. The van der Waals surface area contributed by atoms with Crippen molar-refractivity contribution in [3.05, 3.63) is 11.9 Å².